The summed E-state index contributed by atoms with van der Waals surface area (Å²) < 4.78 is 38.0. The van der Waals surface area contributed by atoms with Gasteiger partial charge in [0, 0.05) is 20.9 Å². The lowest BCUT2D eigenvalue weighted by Gasteiger charge is -2.25. The Kier molecular flexibility index (Phi) is 5.77. The van der Waals surface area contributed by atoms with E-state index in [0.717, 1.165) is 35.1 Å². The molecule has 6 rings (SSSR count). The van der Waals surface area contributed by atoms with Crippen LogP contribution in [0.5, 0.6) is 11.5 Å². The molecular formula is C28H28N2O6S. The molecule has 1 aliphatic carbocycles. The molecule has 0 atom stereocenters. The summed E-state index contributed by atoms with van der Waals surface area (Å²) in [5.74, 6) is 1.27. The predicted molar refractivity (Wildman–Crippen MR) is 138 cm³/mol. The highest BCUT2D eigenvalue weighted by molar-refractivity contribution is 7.89. The number of ether oxygens (including phenoxy) is 2. The molecule has 37 heavy (non-hydrogen) atoms. The second-order valence-electron chi connectivity index (χ2n) is 9.66. The van der Waals surface area contributed by atoms with Crippen molar-refractivity contribution in [3.63, 3.8) is 0 Å². The third-order valence-electron chi connectivity index (χ3n) is 7.33. The standard InChI is InChI=1S/C28H26N2O6S.H2/c31-26(28(10-11-28)22-6-9-24-25(16-22)36-18-35-24)15-19-2-1-3-21(14-19)20-4-7-23(8-5-20)37(33,34)30-13-12-29-27(32)17-30;/h1-9,14,16H,10-13,15,17-18H2,(H,29,32);1H. The van der Waals surface area contributed by atoms with E-state index < -0.39 is 15.4 Å². The van der Waals surface area contributed by atoms with Gasteiger partial charge in [-0.2, -0.15) is 4.31 Å². The van der Waals surface area contributed by atoms with Crippen molar-refractivity contribution in [1.29, 1.82) is 0 Å². The van der Waals surface area contributed by atoms with Crippen LogP contribution in [0.4, 0.5) is 0 Å². The topological polar surface area (TPSA) is 102 Å². The maximum absolute atomic E-state index is 13.4. The molecule has 1 amide bonds. The van der Waals surface area contributed by atoms with Crippen LogP contribution < -0.4 is 14.8 Å². The molecule has 2 fully saturated rings. The van der Waals surface area contributed by atoms with Crippen molar-refractivity contribution in [1.82, 2.24) is 9.62 Å². The third kappa shape index (κ3) is 4.38. The largest absolute Gasteiger partial charge is 0.454 e. The molecule has 0 bridgehead atoms. The van der Waals surface area contributed by atoms with Gasteiger partial charge in [-0.3, -0.25) is 9.59 Å². The van der Waals surface area contributed by atoms with Gasteiger partial charge in [0.15, 0.2) is 11.5 Å². The molecule has 0 aromatic heterocycles. The number of hydrogen-bond acceptors (Lipinski definition) is 6. The van der Waals surface area contributed by atoms with E-state index in [1.807, 2.05) is 42.5 Å². The summed E-state index contributed by atoms with van der Waals surface area (Å²) in [7, 11) is -3.75. The molecule has 1 saturated heterocycles. The summed E-state index contributed by atoms with van der Waals surface area (Å²) in [6.45, 7) is 0.583. The number of nitrogens with one attached hydrogen (secondary N) is 1. The van der Waals surface area contributed by atoms with E-state index in [9.17, 15) is 18.0 Å². The number of carbonyl (C=O) groups is 2. The fourth-order valence-corrected chi connectivity index (χ4v) is 6.45. The number of ketones is 1. The van der Waals surface area contributed by atoms with Crippen LogP contribution in [0.2, 0.25) is 0 Å². The van der Waals surface area contributed by atoms with Gasteiger partial charge in [0.25, 0.3) is 0 Å². The van der Waals surface area contributed by atoms with Crippen molar-refractivity contribution >= 4 is 21.7 Å². The number of piperazine rings is 1. The number of fused-ring (bicyclic) bond motifs is 1. The summed E-state index contributed by atoms with van der Waals surface area (Å²) in [6.07, 6.45) is 1.95. The number of sulfonamides is 1. The maximum Gasteiger partial charge on any atom is 0.243 e. The fraction of sp³-hybridized carbons (Fsp3) is 0.286. The van der Waals surface area contributed by atoms with Gasteiger partial charge < -0.3 is 14.8 Å². The second-order valence-corrected chi connectivity index (χ2v) is 11.6. The lowest BCUT2D eigenvalue weighted by atomic mass is 9.87. The molecule has 0 radical (unpaired) electrons. The molecule has 0 spiro atoms. The van der Waals surface area contributed by atoms with Crippen LogP contribution >= 0.6 is 0 Å². The molecule has 3 aromatic rings. The summed E-state index contributed by atoms with van der Waals surface area (Å²) in [4.78, 5) is 25.2. The van der Waals surface area contributed by atoms with E-state index in [1.54, 1.807) is 24.3 Å². The zero-order valence-corrected chi connectivity index (χ0v) is 20.9. The number of nitrogens with zero attached hydrogens (tertiary/aromatic N) is 1. The van der Waals surface area contributed by atoms with Gasteiger partial charge in [0.2, 0.25) is 22.7 Å². The van der Waals surface area contributed by atoms with Crippen LogP contribution in [0.25, 0.3) is 11.1 Å². The Morgan fingerprint density at radius 2 is 1.76 bits per heavy atom. The molecule has 2 heterocycles. The molecule has 1 N–H and O–H groups in total. The number of amides is 1. The summed E-state index contributed by atoms with van der Waals surface area (Å²) >= 11 is 0. The van der Waals surface area contributed by atoms with Crippen molar-refractivity contribution in [2.45, 2.75) is 29.6 Å². The smallest absolute Gasteiger partial charge is 0.243 e. The van der Waals surface area contributed by atoms with Gasteiger partial charge in [-0.05, 0) is 59.4 Å². The number of hydrogen-bond donors (Lipinski definition) is 1. The highest BCUT2D eigenvalue weighted by Gasteiger charge is 2.50. The van der Waals surface area contributed by atoms with E-state index in [1.165, 1.54) is 4.31 Å². The number of Topliss-reactive ketones (excluding diaryl/α,β-unsaturated/α-hetero) is 1. The van der Waals surface area contributed by atoms with E-state index in [2.05, 4.69) is 5.32 Å². The Bertz CT molecular complexity index is 1500. The van der Waals surface area contributed by atoms with E-state index in [4.69, 9.17) is 9.47 Å². The molecule has 2 aliphatic heterocycles. The van der Waals surface area contributed by atoms with Crippen LogP contribution in [0, 0.1) is 0 Å². The molecule has 0 unspecified atom stereocenters. The molecule has 9 heteroatoms. The Balaban J connectivity index is 0.00000294. The Labute approximate surface area is 216 Å². The first-order valence-corrected chi connectivity index (χ1v) is 13.7. The van der Waals surface area contributed by atoms with Crippen molar-refractivity contribution in [3.05, 3.63) is 77.9 Å². The highest BCUT2D eigenvalue weighted by atomic mass is 32.2. The average Bonchev–Trinajstić information content (AvgIpc) is 3.59. The molecule has 8 nitrogen and oxygen atoms in total. The Morgan fingerprint density at radius 1 is 0.973 bits per heavy atom. The first kappa shape index (κ1) is 23.7. The van der Waals surface area contributed by atoms with Crippen LogP contribution in [0.15, 0.2) is 71.6 Å². The van der Waals surface area contributed by atoms with Crippen molar-refractivity contribution in [2.75, 3.05) is 26.4 Å². The lowest BCUT2D eigenvalue weighted by molar-refractivity contribution is -0.122. The first-order chi connectivity index (χ1) is 17.8. The number of carbonyl (C=O) groups excluding carboxylic acids is 2. The Hall–Kier alpha value is -3.69. The van der Waals surface area contributed by atoms with Gasteiger partial charge in [-0.1, -0.05) is 42.5 Å². The highest BCUT2D eigenvalue weighted by Crippen LogP contribution is 2.51. The fourth-order valence-electron chi connectivity index (χ4n) is 5.05. The molecule has 3 aliphatic rings. The lowest BCUT2D eigenvalue weighted by Crippen LogP contribution is -2.49. The monoisotopic (exact) mass is 520 g/mol. The van der Waals surface area contributed by atoms with E-state index >= 15 is 0 Å². The Morgan fingerprint density at radius 3 is 2.51 bits per heavy atom. The molecular weight excluding hydrogens is 492 g/mol. The van der Waals surface area contributed by atoms with Crippen molar-refractivity contribution in [2.24, 2.45) is 0 Å². The molecule has 3 aromatic carbocycles. The normalized spacial score (nSPS) is 18.3. The van der Waals surface area contributed by atoms with Gasteiger partial charge in [-0.25, -0.2) is 8.42 Å². The van der Waals surface area contributed by atoms with Gasteiger partial charge in [0.05, 0.1) is 16.9 Å². The second kappa shape index (κ2) is 9.00. The summed E-state index contributed by atoms with van der Waals surface area (Å²) in [5.41, 5.74) is 3.16. The van der Waals surface area contributed by atoms with Crippen molar-refractivity contribution in [3.8, 4) is 22.6 Å². The molecule has 192 valence electrons. The van der Waals surface area contributed by atoms with Crippen LogP contribution in [0.3, 0.4) is 0 Å². The third-order valence-corrected chi connectivity index (χ3v) is 9.19. The van der Waals surface area contributed by atoms with E-state index in [0.29, 0.717) is 24.5 Å². The maximum atomic E-state index is 13.4. The number of benzene rings is 3. The SMILES string of the molecule is O=C1CN(S(=O)(=O)c2ccc(-c3cccc(CC(=O)C4(c5ccc6c(c5)OCO6)CC4)c3)cc2)CCN1.[HH]. The minimum absolute atomic E-state index is 0. The zero-order valence-electron chi connectivity index (χ0n) is 20.1. The minimum atomic E-state index is -3.75. The van der Waals surface area contributed by atoms with Crippen LogP contribution in [-0.2, 0) is 31.4 Å². The quantitative estimate of drug-likeness (QED) is 0.513. The van der Waals surface area contributed by atoms with E-state index in [-0.39, 0.29) is 37.9 Å². The zero-order chi connectivity index (χ0) is 25.6. The van der Waals surface area contributed by atoms with Crippen LogP contribution in [-0.4, -0.2) is 50.8 Å². The number of rotatable bonds is 7. The van der Waals surface area contributed by atoms with Crippen molar-refractivity contribution < 1.29 is 28.9 Å². The summed E-state index contributed by atoms with van der Waals surface area (Å²) in [6, 6.07) is 20.2. The van der Waals surface area contributed by atoms with Crippen LogP contribution in [0.1, 0.15) is 25.4 Å². The van der Waals surface area contributed by atoms with Gasteiger partial charge in [0.1, 0.15) is 5.78 Å². The average molecular weight is 521 g/mol. The van der Waals surface area contributed by atoms with Gasteiger partial charge in [-0.15, -0.1) is 0 Å². The predicted octanol–water partition coefficient (Wildman–Crippen LogP) is 3.29. The minimum Gasteiger partial charge on any atom is -0.454 e. The van der Waals surface area contributed by atoms with Gasteiger partial charge >= 0.3 is 0 Å². The first-order valence-electron chi connectivity index (χ1n) is 12.2. The summed E-state index contributed by atoms with van der Waals surface area (Å²) in [5, 5.41) is 2.64. The molecule has 1 saturated carbocycles.